The third-order valence-corrected chi connectivity index (χ3v) is 6.40. The van der Waals surface area contributed by atoms with E-state index in [1.54, 1.807) is 44.0 Å². The quantitative estimate of drug-likeness (QED) is 0.409. The third-order valence-electron chi connectivity index (χ3n) is 6.40. The zero-order valence-corrected chi connectivity index (χ0v) is 20.5. The zero-order valence-electron chi connectivity index (χ0n) is 20.5. The van der Waals surface area contributed by atoms with E-state index < -0.39 is 0 Å². The second kappa shape index (κ2) is 10.1. The smallest absolute Gasteiger partial charge is 0.257 e. The molecule has 2 aromatic carbocycles. The molecule has 4 aromatic rings. The molecule has 1 fully saturated rings. The molecule has 0 spiro atoms. The van der Waals surface area contributed by atoms with Gasteiger partial charge in [0, 0.05) is 44.0 Å². The standard InChI is InChI=1S/C26H28N6O4/c1-34-19-7-5-18(6-8-19)22-16-27-26-28-17-29-32(26)24(22)30-11-4-12-31(14-13-30)25(33)21-10-9-20(35-2)15-23(21)36-3/h5-10,15-17H,4,11-14H2,1-3H3. The van der Waals surface area contributed by atoms with Crippen LogP contribution in [0.2, 0.25) is 0 Å². The zero-order chi connectivity index (χ0) is 25.1. The highest BCUT2D eigenvalue weighted by molar-refractivity contribution is 5.97. The van der Waals surface area contributed by atoms with Crippen molar-refractivity contribution >= 4 is 17.5 Å². The lowest BCUT2D eigenvalue weighted by atomic mass is 10.1. The summed E-state index contributed by atoms with van der Waals surface area (Å²) in [6, 6.07) is 13.1. The second-order valence-electron chi connectivity index (χ2n) is 8.39. The van der Waals surface area contributed by atoms with Crippen LogP contribution in [0.5, 0.6) is 17.2 Å². The number of amides is 1. The van der Waals surface area contributed by atoms with Crippen molar-refractivity contribution < 1.29 is 19.0 Å². The van der Waals surface area contributed by atoms with E-state index in [0.717, 1.165) is 35.7 Å². The third kappa shape index (κ3) is 4.37. The Kier molecular flexibility index (Phi) is 6.57. The van der Waals surface area contributed by atoms with Crippen molar-refractivity contribution in [3.63, 3.8) is 0 Å². The predicted octanol–water partition coefficient (Wildman–Crippen LogP) is 3.17. The van der Waals surface area contributed by atoms with E-state index in [2.05, 4.69) is 20.0 Å². The molecule has 2 aromatic heterocycles. The van der Waals surface area contributed by atoms with E-state index in [1.165, 1.54) is 6.33 Å². The summed E-state index contributed by atoms with van der Waals surface area (Å²) in [6.07, 6.45) is 4.13. The molecule has 1 aliphatic rings. The second-order valence-corrected chi connectivity index (χ2v) is 8.39. The van der Waals surface area contributed by atoms with E-state index in [4.69, 9.17) is 14.2 Å². The predicted molar refractivity (Wildman–Crippen MR) is 135 cm³/mol. The minimum absolute atomic E-state index is 0.0626. The molecule has 186 valence electrons. The summed E-state index contributed by atoms with van der Waals surface area (Å²) < 4.78 is 17.8. The van der Waals surface area contributed by atoms with Gasteiger partial charge in [0.15, 0.2) is 0 Å². The Balaban J connectivity index is 1.44. The fraction of sp³-hybridized carbons (Fsp3) is 0.308. The maximum absolute atomic E-state index is 13.4. The highest BCUT2D eigenvalue weighted by Crippen LogP contribution is 2.32. The summed E-state index contributed by atoms with van der Waals surface area (Å²) in [7, 11) is 4.80. The number of nitrogens with zero attached hydrogens (tertiary/aromatic N) is 6. The van der Waals surface area contributed by atoms with E-state index in [-0.39, 0.29) is 5.91 Å². The maximum Gasteiger partial charge on any atom is 0.257 e. The van der Waals surface area contributed by atoms with Crippen LogP contribution >= 0.6 is 0 Å². The molecule has 1 amide bonds. The maximum atomic E-state index is 13.4. The normalized spacial score (nSPS) is 14.0. The van der Waals surface area contributed by atoms with Crippen molar-refractivity contribution in [1.29, 1.82) is 0 Å². The molecular formula is C26H28N6O4. The summed E-state index contributed by atoms with van der Waals surface area (Å²) in [5.41, 5.74) is 2.45. The van der Waals surface area contributed by atoms with Crippen molar-refractivity contribution in [1.82, 2.24) is 24.5 Å². The first-order chi connectivity index (χ1) is 17.6. The van der Waals surface area contributed by atoms with Crippen molar-refractivity contribution in [3.05, 3.63) is 60.6 Å². The van der Waals surface area contributed by atoms with E-state index in [9.17, 15) is 4.79 Å². The fourth-order valence-corrected chi connectivity index (χ4v) is 4.52. The molecule has 0 unspecified atom stereocenters. The van der Waals surface area contributed by atoms with Crippen molar-refractivity contribution in [2.24, 2.45) is 0 Å². The first-order valence-electron chi connectivity index (χ1n) is 11.7. The minimum Gasteiger partial charge on any atom is -0.497 e. The minimum atomic E-state index is -0.0626. The van der Waals surface area contributed by atoms with Gasteiger partial charge in [0.2, 0.25) is 0 Å². The molecule has 0 N–H and O–H groups in total. The van der Waals surface area contributed by atoms with Crippen molar-refractivity contribution in [2.45, 2.75) is 6.42 Å². The van der Waals surface area contributed by atoms with Crippen LogP contribution in [0.1, 0.15) is 16.8 Å². The van der Waals surface area contributed by atoms with Gasteiger partial charge in [-0.2, -0.15) is 14.6 Å². The lowest BCUT2D eigenvalue weighted by Gasteiger charge is -2.26. The Hall–Kier alpha value is -4.34. The van der Waals surface area contributed by atoms with Crippen LogP contribution in [0.15, 0.2) is 55.0 Å². The number of rotatable bonds is 6. The monoisotopic (exact) mass is 488 g/mol. The SMILES string of the molecule is COc1ccc(-c2cnc3ncnn3c2N2CCCN(C(=O)c3ccc(OC)cc3OC)CC2)cc1. The molecule has 10 nitrogen and oxygen atoms in total. The Morgan fingerprint density at radius 2 is 1.64 bits per heavy atom. The average molecular weight is 489 g/mol. The lowest BCUT2D eigenvalue weighted by molar-refractivity contribution is 0.0763. The number of anilines is 1. The largest absolute Gasteiger partial charge is 0.497 e. The van der Waals surface area contributed by atoms with Gasteiger partial charge in [-0.1, -0.05) is 12.1 Å². The summed E-state index contributed by atoms with van der Waals surface area (Å²) in [6.45, 7) is 2.57. The van der Waals surface area contributed by atoms with Crippen molar-refractivity contribution in [2.75, 3.05) is 52.4 Å². The number of carbonyl (C=O) groups is 1. The summed E-state index contributed by atoms with van der Waals surface area (Å²) in [5, 5.41) is 4.45. The molecule has 5 rings (SSSR count). The van der Waals surface area contributed by atoms with Crippen LogP contribution in [0.4, 0.5) is 5.82 Å². The molecule has 0 radical (unpaired) electrons. The number of aromatic nitrogens is 4. The molecule has 36 heavy (non-hydrogen) atoms. The van der Waals surface area contributed by atoms with Crippen LogP contribution in [0.25, 0.3) is 16.9 Å². The van der Waals surface area contributed by atoms with E-state index in [1.807, 2.05) is 35.4 Å². The first-order valence-corrected chi connectivity index (χ1v) is 11.7. The van der Waals surface area contributed by atoms with Crippen LogP contribution in [0, 0.1) is 0 Å². The molecule has 0 saturated carbocycles. The molecule has 10 heteroatoms. The molecule has 1 saturated heterocycles. The van der Waals surface area contributed by atoms with Crippen molar-refractivity contribution in [3.8, 4) is 28.4 Å². The van der Waals surface area contributed by atoms with Crippen LogP contribution < -0.4 is 19.1 Å². The highest BCUT2D eigenvalue weighted by Gasteiger charge is 2.26. The van der Waals surface area contributed by atoms with Gasteiger partial charge in [0.25, 0.3) is 11.7 Å². The van der Waals surface area contributed by atoms with Crippen LogP contribution in [-0.2, 0) is 0 Å². The number of carbonyl (C=O) groups excluding carboxylic acids is 1. The number of hydrogen-bond acceptors (Lipinski definition) is 8. The van der Waals surface area contributed by atoms with Crippen LogP contribution in [0.3, 0.4) is 0 Å². The molecule has 0 atom stereocenters. The fourth-order valence-electron chi connectivity index (χ4n) is 4.52. The number of methoxy groups -OCH3 is 3. The number of hydrogen-bond donors (Lipinski definition) is 0. The molecule has 3 heterocycles. The number of fused-ring (bicyclic) bond motifs is 1. The molecule has 0 aliphatic carbocycles. The molecule has 0 bridgehead atoms. The van der Waals surface area contributed by atoms with Gasteiger partial charge >= 0.3 is 0 Å². The molecule has 1 aliphatic heterocycles. The van der Waals surface area contributed by atoms with Gasteiger partial charge in [0.1, 0.15) is 29.4 Å². The first kappa shape index (κ1) is 23.4. The van der Waals surface area contributed by atoms with Gasteiger partial charge in [-0.3, -0.25) is 4.79 Å². The number of ether oxygens (including phenoxy) is 3. The van der Waals surface area contributed by atoms with E-state index >= 15 is 0 Å². The highest BCUT2D eigenvalue weighted by atomic mass is 16.5. The van der Waals surface area contributed by atoms with Crippen LogP contribution in [-0.4, -0.2) is 77.9 Å². The van der Waals surface area contributed by atoms with Gasteiger partial charge in [-0.15, -0.1) is 0 Å². The Morgan fingerprint density at radius 1 is 0.861 bits per heavy atom. The van der Waals surface area contributed by atoms with Gasteiger partial charge < -0.3 is 24.0 Å². The Bertz CT molecular complexity index is 1370. The summed E-state index contributed by atoms with van der Waals surface area (Å²) >= 11 is 0. The lowest BCUT2D eigenvalue weighted by Crippen LogP contribution is -2.36. The van der Waals surface area contributed by atoms with E-state index in [0.29, 0.717) is 42.5 Å². The molecular weight excluding hydrogens is 460 g/mol. The van der Waals surface area contributed by atoms with Gasteiger partial charge in [0.05, 0.1) is 26.9 Å². The Labute approximate surface area is 209 Å². The average Bonchev–Trinajstić information content (AvgIpc) is 3.28. The Morgan fingerprint density at radius 3 is 2.39 bits per heavy atom. The number of benzene rings is 2. The summed E-state index contributed by atoms with van der Waals surface area (Å²) in [5.74, 6) is 3.30. The van der Waals surface area contributed by atoms with Gasteiger partial charge in [-0.05, 0) is 36.2 Å². The topological polar surface area (TPSA) is 94.3 Å². The summed E-state index contributed by atoms with van der Waals surface area (Å²) in [4.78, 5) is 26.3. The van der Waals surface area contributed by atoms with Gasteiger partial charge in [-0.25, -0.2) is 4.98 Å².